The Morgan fingerprint density at radius 2 is 1.40 bits per heavy atom. The van der Waals surface area contributed by atoms with Crippen molar-refractivity contribution in [3.8, 4) is 0 Å². The van der Waals surface area contributed by atoms with Crippen molar-refractivity contribution in [2.45, 2.75) is 46.0 Å². The fraction of sp³-hybridized carbons (Fsp3) is 0.280. The van der Waals surface area contributed by atoms with E-state index < -0.39 is 0 Å². The van der Waals surface area contributed by atoms with Crippen LogP contribution in [0.3, 0.4) is 0 Å². The quantitative estimate of drug-likeness (QED) is 0.463. The maximum absolute atomic E-state index is 2.44. The largest absolute Gasteiger partial charge is 0.0654 e. The highest BCUT2D eigenvalue weighted by Gasteiger charge is 2.06. The molecule has 0 spiro atoms. The van der Waals surface area contributed by atoms with E-state index in [1.165, 1.54) is 52.6 Å². The summed E-state index contributed by atoms with van der Waals surface area (Å²) in [5.74, 6) is 0. The molecule has 0 saturated carbocycles. The van der Waals surface area contributed by atoms with Gasteiger partial charge in [0.25, 0.3) is 0 Å². The van der Waals surface area contributed by atoms with Crippen LogP contribution in [0.15, 0.2) is 72.8 Å². The summed E-state index contributed by atoms with van der Waals surface area (Å²) in [5, 5.41) is 0. The molecule has 0 aliphatic heterocycles. The van der Waals surface area contributed by atoms with E-state index in [1.807, 2.05) is 0 Å². The van der Waals surface area contributed by atoms with Crippen molar-refractivity contribution in [1.29, 1.82) is 0 Å². The van der Waals surface area contributed by atoms with Crippen LogP contribution in [0.2, 0.25) is 0 Å². The van der Waals surface area contributed by atoms with Crippen molar-refractivity contribution in [2.75, 3.05) is 0 Å². The molecule has 128 valence electrons. The fourth-order valence-corrected chi connectivity index (χ4v) is 3.44. The van der Waals surface area contributed by atoms with Gasteiger partial charge in [-0.25, -0.2) is 0 Å². The molecule has 0 aliphatic rings. The molecule has 0 N–H and O–H groups in total. The Labute approximate surface area is 152 Å². The molecule has 3 aromatic carbocycles. The molecule has 0 heterocycles. The highest BCUT2D eigenvalue weighted by Crippen LogP contribution is 2.21. The van der Waals surface area contributed by atoms with Gasteiger partial charge in [0.15, 0.2) is 0 Å². The molecule has 0 aromatic heterocycles. The number of hydrogen-bond acceptors (Lipinski definition) is 0. The summed E-state index contributed by atoms with van der Waals surface area (Å²) < 4.78 is 0. The number of hydrogen-bond donors (Lipinski definition) is 0. The minimum absolute atomic E-state index is 1.02. The number of rotatable bonds is 7. The Kier molecular flexibility index (Phi) is 6.06. The summed E-state index contributed by atoms with van der Waals surface area (Å²) in [6.07, 6.45) is 5.74. The van der Waals surface area contributed by atoms with Gasteiger partial charge >= 0.3 is 0 Å². The van der Waals surface area contributed by atoms with E-state index in [2.05, 4.69) is 86.6 Å². The molecular weight excluding hydrogens is 300 g/mol. The Morgan fingerprint density at radius 3 is 2.16 bits per heavy atom. The predicted octanol–water partition coefficient (Wildman–Crippen LogP) is 6.52. The molecule has 0 aliphatic carbocycles. The second-order valence-corrected chi connectivity index (χ2v) is 7.03. The van der Waals surface area contributed by atoms with E-state index in [9.17, 15) is 0 Å². The van der Waals surface area contributed by atoms with Gasteiger partial charge in [0, 0.05) is 0 Å². The highest BCUT2D eigenvalue weighted by molar-refractivity contribution is 5.38. The Bertz CT molecular complexity index is 799. The van der Waals surface area contributed by atoms with Gasteiger partial charge in [-0.05, 0) is 60.4 Å². The minimum Gasteiger partial charge on any atom is -0.0654 e. The summed E-state index contributed by atoms with van der Waals surface area (Å²) in [6, 6.07) is 26.8. The molecule has 0 atom stereocenters. The van der Waals surface area contributed by atoms with Gasteiger partial charge in [0.2, 0.25) is 0 Å². The molecule has 0 bridgehead atoms. The van der Waals surface area contributed by atoms with Crippen LogP contribution in [-0.4, -0.2) is 0 Å². The molecule has 0 saturated heterocycles. The molecule has 0 unspecified atom stereocenters. The van der Waals surface area contributed by atoms with Gasteiger partial charge in [0.05, 0.1) is 0 Å². The van der Waals surface area contributed by atoms with Crippen LogP contribution in [0.25, 0.3) is 0 Å². The molecule has 3 aromatic rings. The first-order valence-corrected chi connectivity index (χ1v) is 9.44. The van der Waals surface area contributed by atoms with Crippen molar-refractivity contribution in [3.05, 3.63) is 106 Å². The van der Waals surface area contributed by atoms with Crippen molar-refractivity contribution in [3.63, 3.8) is 0 Å². The van der Waals surface area contributed by atoms with Gasteiger partial charge in [-0.3, -0.25) is 0 Å². The Hall–Kier alpha value is -2.34. The molecule has 0 heteroatoms. The van der Waals surface area contributed by atoms with E-state index in [1.54, 1.807) is 0 Å². The van der Waals surface area contributed by atoms with Crippen molar-refractivity contribution in [1.82, 2.24) is 0 Å². The predicted molar refractivity (Wildman–Crippen MR) is 108 cm³/mol. The van der Waals surface area contributed by atoms with Crippen LogP contribution in [0.5, 0.6) is 0 Å². The molecule has 0 radical (unpaired) electrons. The van der Waals surface area contributed by atoms with Crippen molar-refractivity contribution >= 4 is 0 Å². The first-order valence-electron chi connectivity index (χ1n) is 9.44. The Balaban J connectivity index is 1.83. The first-order chi connectivity index (χ1) is 12.2. The van der Waals surface area contributed by atoms with Crippen LogP contribution in [0, 0.1) is 6.92 Å². The van der Waals surface area contributed by atoms with Crippen molar-refractivity contribution in [2.24, 2.45) is 0 Å². The van der Waals surface area contributed by atoms with Crippen LogP contribution < -0.4 is 0 Å². The summed E-state index contributed by atoms with van der Waals surface area (Å²) in [5.41, 5.74) is 8.56. The summed E-state index contributed by atoms with van der Waals surface area (Å²) in [7, 11) is 0. The lowest BCUT2D eigenvalue weighted by atomic mass is 9.92. The summed E-state index contributed by atoms with van der Waals surface area (Å²) in [4.78, 5) is 0. The topological polar surface area (TPSA) is 0 Å². The van der Waals surface area contributed by atoms with E-state index in [0.29, 0.717) is 0 Å². The zero-order chi connectivity index (χ0) is 17.5. The van der Waals surface area contributed by atoms with Gasteiger partial charge in [-0.2, -0.15) is 0 Å². The second kappa shape index (κ2) is 8.67. The highest BCUT2D eigenvalue weighted by atomic mass is 14.1. The zero-order valence-electron chi connectivity index (χ0n) is 15.5. The van der Waals surface area contributed by atoms with E-state index >= 15 is 0 Å². The lowest BCUT2D eigenvalue weighted by molar-refractivity contribution is 0.787. The number of unbranched alkanes of at least 4 members (excludes halogenated alkanes) is 1. The normalized spacial score (nSPS) is 10.8. The van der Waals surface area contributed by atoms with Crippen LogP contribution in [0.1, 0.15) is 53.1 Å². The average Bonchev–Trinajstić information content (AvgIpc) is 2.62. The van der Waals surface area contributed by atoms with Crippen LogP contribution in [-0.2, 0) is 19.3 Å². The smallest absolute Gasteiger partial charge is 0.00230 e. The average molecular weight is 328 g/mol. The van der Waals surface area contributed by atoms with Crippen molar-refractivity contribution < 1.29 is 0 Å². The minimum atomic E-state index is 1.02. The molecule has 25 heavy (non-hydrogen) atoms. The monoisotopic (exact) mass is 328 g/mol. The van der Waals surface area contributed by atoms with Gasteiger partial charge in [-0.1, -0.05) is 91.7 Å². The lowest BCUT2D eigenvalue weighted by Crippen LogP contribution is -1.99. The summed E-state index contributed by atoms with van der Waals surface area (Å²) in [6.45, 7) is 4.44. The van der Waals surface area contributed by atoms with Crippen LogP contribution >= 0.6 is 0 Å². The maximum atomic E-state index is 2.44. The van der Waals surface area contributed by atoms with E-state index in [-0.39, 0.29) is 0 Å². The molecular formula is C25H28. The maximum Gasteiger partial charge on any atom is -0.00230 e. The SMILES string of the molecule is CCCCc1cc(Cc2cccc(C)c2)ccc1Cc1ccccc1. The van der Waals surface area contributed by atoms with Gasteiger partial charge < -0.3 is 0 Å². The third-order valence-corrected chi connectivity index (χ3v) is 4.80. The molecule has 0 nitrogen and oxygen atoms in total. The van der Waals surface area contributed by atoms with Gasteiger partial charge in [-0.15, -0.1) is 0 Å². The summed E-state index contributed by atoms with van der Waals surface area (Å²) >= 11 is 0. The third-order valence-electron chi connectivity index (χ3n) is 4.80. The van der Waals surface area contributed by atoms with Crippen LogP contribution in [0.4, 0.5) is 0 Å². The standard InChI is InChI=1S/C25H28/c1-3-4-13-24-19-23(17-22-12-8-9-20(2)16-22)14-15-25(24)18-21-10-6-5-7-11-21/h5-12,14-16,19H,3-4,13,17-18H2,1-2H3. The Morgan fingerprint density at radius 1 is 0.640 bits per heavy atom. The molecule has 0 fully saturated rings. The van der Waals surface area contributed by atoms with Gasteiger partial charge in [0.1, 0.15) is 0 Å². The zero-order valence-corrected chi connectivity index (χ0v) is 15.5. The third kappa shape index (κ3) is 5.06. The van der Waals surface area contributed by atoms with E-state index in [4.69, 9.17) is 0 Å². The number of aryl methyl sites for hydroxylation is 2. The molecule has 0 amide bonds. The lowest BCUT2D eigenvalue weighted by Gasteiger charge is -2.13. The van der Waals surface area contributed by atoms with E-state index in [0.717, 1.165) is 12.8 Å². The number of benzene rings is 3. The fourth-order valence-electron chi connectivity index (χ4n) is 3.44. The first kappa shape index (κ1) is 17.5. The molecule has 3 rings (SSSR count). The second-order valence-electron chi connectivity index (χ2n) is 7.03.